The zero-order valence-electron chi connectivity index (χ0n) is 11.2. The summed E-state index contributed by atoms with van der Waals surface area (Å²) in [5, 5.41) is 0. The number of ketones is 1. The summed E-state index contributed by atoms with van der Waals surface area (Å²) in [6.07, 6.45) is 7.99. The molecule has 1 nitrogen and oxygen atoms in total. The number of hydrogen-bond donors (Lipinski definition) is 0. The van der Waals surface area contributed by atoms with Gasteiger partial charge in [-0.25, -0.2) is 0 Å². The summed E-state index contributed by atoms with van der Waals surface area (Å²) in [6, 6.07) is 0. The van der Waals surface area contributed by atoms with Gasteiger partial charge in [0.05, 0.1) is 0 Å². The summed E-state index contributed by atoms with van der Waals surface area (Å²) in [5.74, 6) is 0.909. The van der Waals surface area contributed by atoms with Crippen LogP contribution in [0.15, 0.2) is 23.8 Å². The van der Waals surface area contributed by atoms with Crippen LogP contribution < -0.4 is 0 Å². The van der Waals surface area contributed by atoms with Crippen LogP contribution in [0.3, 0.4) is 0 Å². The van der Waals surface area contributed by atoms with Crippen molar-refractivity contribution in [2.24, 2.45) is 17.3 Å². The lowest BCUT2D eigenvalue weighted by atomic mass is 9.61. The molecule has 1 heteroatoms. The van der Waals surface area contributed by atoms with Crippen LogP contribution in [0.25, 0.3) is 0 Å². The third-order valence-corrected chi connectivity index (χ3v) is 4.07. The fraction of sp³-hybridized carbons (Fsp3) is 0.667. The monoisotopic (exact) mass is 220 g/mol. The number of carbonyl (C=O) groups is 1. The molecule has 0 saturated heterocycles. The molecule has 0 spiro atoms. The summed E-state index contributed by atoms with van der Waals surface area (Å²) in [5.41, 5.74) is 1.32. The molecule has 0 bridgehead atoms. The zero-order chi connectivity index (χ0) is 12.3. The Balaban J connectivity index is 2.99. The first-order chi connectivity index (χ1) is 7.41. The maximum atomic E-state index is 12.2. The van der Waals surface area contributed by atoms with Crippen LogP contribution in [0.1, 0.15) is 47.5 Å². The standard InChI is InChI=1S/C15H24O/c1-6-7-8-13(16)14-11(2)9-10-12(3)15(14,4)5/h7-9,12,14H,6,10H2,1-5H3/t12-,14+/m1/s1. The van der Waals surface area contributed by atoms with Gasteiger partial charge in [0.1, 0.15) is 0 Å². The van der Waals surface area contributed by atoms with Crippen molar-refractivity contribution in [3.63, 3.8) is 0 Å². The van der Waals surface area contributed by atoms with Crippen LogP contribution in [0.5, 0.6) is 0 Å². The van der Waals surface area contributed by atoms with E-state index >= 15 is 0 Å². The largest absolute Gasteiger partial charge is 0.294 e. The molecule has 0 aliphatic heterocycles. The van der Waals surface area contributed by atoms with Gasteiger partial charge in [-0.3, -0.25) is 4.79 Å². The van der Waals surface area contributed by atoms with E-state index in [1.54, 1.807) is 6.08 Å². The van der Waals surface area contributed by atoms with Crippen molar-refractivity contribution in [3.05, 3.63) is 23.8 Å². The molecule has 0 heterocycles. The van der Waals surface area contributed by atoms with Gasteiger partial charge in [-0.05, 0) is 37.2 Å². The highest BCUT2D eigenvalue weighted by molar-refractivity contribution is 5.94. The first-order valence-electron chi connectivity index (χ1n) is 6.28. The average Bonchev–Trinajstić information content (AvgIpc) is 2.21. The van der Waals surface area contributed by atoms with Gasteiger partial charge >= 0.3 is 0 Å². The molecule has 2 atom stereocenters. The van der Waals surface area contributed by atoms with Crippen LogP contribution in [0.2, 0.25) is 0 Å². The molecule has 1 aliphatic carbocycles. The maximum absolute atomic E-state index is 12.2. The maximum Gasteiger partial charge on any atom is 0.163 e. The normalized spacial score (nSPS) is 29.2. The minimum Gasteiger partial charge on any atom is -0.294 e. The van der Waals surface area contributed by atoms with Crippen molar-refractivity contribution >= 4 is 5.78 Å². The predicted molar refractivity (Wildman–Crippen MR) is 69.2 cm³/mol. The lowest BCUT2D eigenvalue weighted by molar-refractivity contribution is -0.121. The van der Waals surface area contributed by atoms with Gasteiger partial charge < -0.3 is 0 Å². The molecule has 0 fully saturated rings. The zero-order valence-corrected chi connectivity index (χ0v) is 11.2. The Bertz CT molecular complexity index is 320. The highest BCUT2D eigenvalue weighted by Crippen LogP contribution is 2.45. The van der Waals surface area contributed by atoms with Gasteiger partial charge in [0, 0.05) is 5.92 Å². The second kappa shape index (κ2) is 4.99. The number of carbonyl (C=O) groups excluding carboxylic acids is 1. The van der Waals surface area contributed by atoms with Crippen LogP contribution >= 0.6 is 0 Å². The van der Waals surface area contributed by atoms with Gasteiger partial charge in [0.15, 0.2) is 5.78 Å². The van der Waals surface area contributed by atoms with Crippen molar-refractivity contribution in [1.29, 1.82) is 0 Å². The Hall–Kier alpha value is -0.850. The number of allylic oxidation sites excluding steroid dienone is 4. The summed E-state index contributed by atoms with van der Waals surface area (Å²) in [4.78, 5) is 12.2. The van der Waals surface area contributed by atoms with Crippen LogP contribution in [-0.2, 0) is 4.79 Å². The molecule has 90 valence electrons. The van der Waals surface area contributed by atoms with Crippen molar-refractivity contribution in [3.8, 4) is 0 Å². The Morgan fingerprint density at radius 2 is 2.19 bits per heavy atom. The van der Waals surface area contributed by atoms with Gasteiger partial charge in [0.25, 0.3) is 0 Å². The molecule has 0 aromatic rings. The van der Waals surface area contributed by atoms with Crippen LogP contribution in [0.4, 0.5) is 0 Å². The van der Waals surface area contributed by atoms with E-state index in [2.05, 4.69) is 40.7 Å². The molecule has 1 rings (SSSR count). The second-order valence-corrected chi connectivity index (χ2v) is 5.55. The molecule has 0 radical (unpaired) electrons. The van der Waals surface area contributed by atoms with E-state index in [0.717, 1.165) is 12.8 Å². The second-order valence-electron chi connectivity index (χ2n) is 5.55. The SMILES string of the molecule is CCC=CC(=O)[C@@H]1C(C)=CC[C@@H](C)C1(C)C. The Morgan fingerprint density at radius 3 is 2.75 bits per heavy atom. The highest BCUT2D eigenvalue weighted by Gasteiger charge is 2.41. The minimum absolute atomic E-state index is 0.0686. The van der Waals surface area contributed by atoms with E-state index in [4.69, 9.17) is 0 Å². The van der Waals surface area contributed by atoms with Gasteiger partial charge in [-0.15, -0.1) is 0 Å². The third-order valence-electron chi connectivity index (χ3n) is 4.07. The summed E-state index contributed by atoms with van der Waals surface area (Å²) in [6.45, 7) is 10.8. The van der Waals surface area contributed by atoms with Gasteiger partial charge in [-0.1, -0.05) is 45.4 Å². The summed E-state index contributed by atoms with van der Waals surface area (Å²) >= 11 is 0. The molecule has 0 aromatic carbocycles. The lowest BCUT2D eigenvalue weighted by Crippen LogP contribution is -2.38. The smallest absolute Gasteiger partial charge is 0.163 e. The predicted octanol–water partition coefficient (Wildman–Crippen LogP) is 4.15. The molecular weight excluding hydrogens is 196 g/mol. The molecule has 0 unspecified atom stereocenters. The Morgan fingerprint density at radius 1 is 1.56 bits per heavy atom. The van der Waals surface area contributed by atoms with Crippen LogP contribution in [-0.4, -0.2) is 5.78 Å². The fourth-order valence-electron chi connectivity index (χ4n) is 2.58. The van der Waals surface area contributed by atoms with E-state index in [1.165, 1.54) is 5.57 Å². The number of rotatable bonds is 3. The van der Waals surface area contributed by atoms with Crippen LogP contribution in [0, 0.1) is 17.3 Å². The van der Waals surface area contributed by atoms with E-state index < -0.39 is 0 Å². The average molecular weight is 220 g/mol. The van der Waals surface area contributed by atoms with Crippen molar-refractivity contribution < 1.29 is 4.79 Å². The van der Waals surface area contributed by atoms with E-state index in [-0.39, 0.29) is 17.1 Å². The molecule has 0 amide bonds. The van der Waals surface area contributed by atoms with Gasteiger partial charge in [-0.2, -0.15) is 0 Å². The molecule has 0 N–H and O–H groups in total. The fourth-order valence-corrected chi connectivity index (χ4v) is 2.58. The molecule has 0 aromatic heterocycles. The van der Waals surface area contributed by atoms with Gasteiger partial charge in [0.2, 0.25) is 0 Å². The van der Waals surface area contributed by atoms with Crippen molar-refractivity contribution in [2.75, 3.05) is 0 Å². The molecule has 1 aliphatic rings. The molecular formula is C15H24O. The first-order valence-corrected chi connectivity index (χ1v) is 6.28. The highest BCUT2D eigenvalue weighted by atomic mass is 16.1. The molecule has 0 saturated carbocycles. The Labute approximate surface area is 99.6 Å². The van der Waals surface area contributed by atoms with E-state index in [0.29, 0.717) is 5.92 Å². The summed E-state index contributed by atoms with van der Waals surface area (Å²) < 4.78 is 0. The summed E-state index contributed by atoms with van der Waals surface area (Å²) in [7, 11) is 0. The first kappa shape index (κ1) is 13.2. The van der Waals surface area contributed by atoms with E-state index in [1.807, 2.05) is 6.08 Å². The lowest BCUT2D eigenvalue weighted by Gasteiger charge is -2.42. The van der Waals surface area contributed by atoms with Crippen molar-refractivity contribution in [1.82, 2.24) is 0 Å². The Kier molecular flexibility index (Phi) is 4.12. The van der Waals surface area contributed by atoms with Crippen molar-refractivity contribution in [2.45, 2.75) is 47.5 Å². The quantitative estimate of drug-likeness (QED) is 0.516. The minimum atomic E-state index is 0.0686. The van der Waals surface area contributed by atoms with E-state index in [9.17, 15) is 4.79 Å². The molecule has 16 heavy (non-hydrogen) atoms. The topological polar surface area (TPSA) is 17.1 Å². The number of hydrogen-bond acceptors (Lipinski definition) is 1. The third kappa shape index (κ3) is 2.45.